The highest BCUT2D eigenvalue weighted by Gasteiger charge is 2.10. The summed E-state index contributed by atoms with van der Waals surface area (Å²) < 4.78 is 15.7. The van der Waals surface area contributed by atoms with Crippen LogP contribution in [-0.2, 0) is 0 Å². The van der Waals surface area contributed by atoms with Gasteiger partial charge in [-0.25, -0.2) is 5.43 Å². The average Bonchev–Trinajstić information content (AvgIpc) is 2.75. The normalized spacial score (nSPS) is 11.2. The standard InChI is InChI=1S/C22H22N2O4/c1-14(15-5-6-17-12-19(26-2)9-7-16(17)11-15)23-24-22(25)18-8-10-20(27-3)21(13-18)28-4/h5-13H,1-4H3,(H,24,25)/b23-14-. The summed E-state index contributed by atoms with van der Waals surface area (Å²) in [6.07, 6.45) is 0. The number of nitrogens with zero attached hydrogens (tertiary/aromatic N) is 1. The Hall–Kier alpha value is -3.54. The van der Waals surface area contributed by atoms with Crippen LogP contribution in [0, 0.1) is 0 Å². The second kappa shape index (κ2) is 8.43. The lowest BCUT2D eigenvalue weighted by Crippen LogP contribution is -2.19. The molecule has 0 unspecified atom stereocenters. The van der Waals surface area contributed by atoms with E-state index in [1.165, 1.54) is 7.11 Å². The second-order valence-corrected chi connectivity index (χ2v) is 6.14. The van der Waals surface area contributed by atoms with Crippen LogP contribution in [0.5, 0.6) is 17.2 Å². The molecule has 0 radical (unpaired) electrons. The SMILES string of the molecule is COc1ccc2cc(/C(C)=N\NC(=O)c3ccc(OC)c(OC)c3)ccc2c1. The predicted molar refractivity (Wildman–Crippen MR) is 110 cm³/mol. The molecule has 0 spiro atoms. The van der Waals surface area contributed by atoms with E-state index >= 15 is 0 Å². The number of hydrogen-bond acceptors (Lipinski definition) is 5. The van der Waals surface area contributed by atoms with Crippen molar-refractivity contribution < 1.29 is 19.0 Å². The van der Waals surface area contributed by atoms with E-state index < -0.39 is 0 Å². The zero-order valence-electron chi connectivity index (χ0n) is 16.3. The van der Waals surface area contributed by atoms with E-state index in [4.69, 9.17) is 14.2 Å². The van der Waals surface area contributed by atoms with E-state index in [1.54, 1.807) is 32.4 Å². The molecule has 6 heteroatoms. The minimum atomic E-state index is -0.328. The van der Waals surface area contributed by atoms with Gasteiger partial charge in [0.15, 0.2) is 11.5 Å². The molecule has 144 valence electrons. The van der Waals surface area contributed by atoms with Gasteiger partial charge in [0.2, 0.25) is 0 Å². The van der Waals surface area contributed by atoms with Crippen molar-refractivity contribution in [1.29, 1.82) is 0 Å². The van der Waals surface area contributed by atoms with Crippen molar-refractivity contribution in [1.82, 2.24) is 5.43 Å². The van der Waals surface area contributed by atoms with Gasteiger partial charge in [0.1, 0.15) is 5.75 Å². The molecular formula is C22H22N2O4. The van der Waals surface area contributed by atoms with Gasteiger partial charge in [-0.05, 0) is 59.7 Å². The first-order chi connectivity index (χ1) is 13.5. The van der Waals surface area contributed by atoms with E-state index in [9.17, 15) is 4.79 Å². The third kappa shape index (κ3) is 4.06. The monoisotopic (exact) mass is 378 g/mol. The Morgan fingerprint density at radius 1 is 0.786 bits per heavy atom. The van der Waals surface area contributed by atoms with Crippen LogP contribution in [0.15, 0.2) is 59.7 Å². The second-order valence-electron chi connectivity index (χ2n) is 6.14. The van der Waals surface area contributed by atoms with Crippen LogP contribution in [0.3, 0.4) is 0 Å². The third-order valence-electron chi connectivity index (χ3n) is 4.44. The summed E-state index contributed by atoms with van der Waals surface area (Å²) in [4.78, 5) is 12.4. The lowest BCUT2D eigenvalue weighted by Gasteiger charge is -2.09. The number of hydrogen-bond donors (Lipinski definition) is 1. The van der Waals surface area contributed by atoms with Crippen molar-refractivity contribution in [3.63, 3.8) is 0 Å². The Bertz CT molecular complexity index is 1040. The average molecular weight is 378 g/mol. The molecule has 0 saturated heterocycles. The highest BCUT2D eigenvalue weighted by Crippen LogP contribution is 2.27. The number of hydrazone groups is 1. The van der Waals surface area contributed by atoms with E-state index in [0.29, 0.717) is 22.8 Å². The van der Waals surface area contributed by atoms with Gasteiger partial charge >= 0.3 is 0 Å². The molecule has 3 rings (SSSR count). The van der Waals surface area contributed by atoms with Gasteiger partial charge in [-0.1, -0.05) is 18.2 Å². The number of carbonyl (C=O) groups excluding carboxylic acids is 1. The third-order valence-corrected chi connectivity index (χ3v) is 4.44. The molecule has 0 fully saturated rings. The molecule has 1 N–H and O–H groups in total. The van der Waals surface area contributed by atoms with Crippen LogP contribution >= 0.6 is 0 Å². The molecule has 6 nitrogen and oxygen atoms in total. The highest BCUT2D eigenvalue weighted by atomic mass is 16.5. The molecule has 28 heavy (non-hydrogen) atoms. The quantitative estimate of drug-likeness (QED) is 0.520. The molecule has 0 saturated carbocycles. The first kappa shape index (κ1) is 19.2. The fourth-order valence-corrected chi connectivity index (χ4v) is 2.82. The summed E-state index contributed by atoms with van der Waals surface area (Å²) in [5, 5.41) is 6.37. The van der Waals surface area contributed by atoms with Crippen LogP contribution in [0.1, 0.15) is 22.8 Å². The number of rotatable bonds is 6. The number of nitrogens with one attached hydrogen (secondary N) is 1. The number of ether oxygens (including phenoxy) is 3. The van der Waals surface area contributed by atoms with Crippen LogP contribution in [0.4, 0.5) is 0 Å². The summed E-state index contributed by atoms with van der Waals surface area (Å²) >= 11 is 0. The van der Waals surface area contributed by atoms with Crippen molar-refractivity contribution in [3.05, 3.63) is 65.7 Å². The molecule has 3 aromatic carbocycles. The molecule has 0 bridgehead atoms. The maximum Gasteiger partial charge on any atom is 0.271 e. The smallest absolute Gasteiger partial charge is 0.271 e. The molecular weight excluding hydrogens is 356 g/mol. The Morgan fingerprint density at radius 3 is 2.18 bits per heavy atom. The number of carbonyl (C=O) groups is 1. The minimum absolute atomic E-state index is 0.328. The van der Waals surface area contributed by atoms with E-state index in [-0.39, 0.29) is 5.91 Å². The number of amides is 1. The molecule has 0 aliphatic heterocycles. The van der Waals surface area contributed by atoms with Gasteiger partial charge in [-0.15, -0.1) is 0 Å². The number of benzene rings is 3. The predicted octanol–water partition coefficient (Wildman–Crippen LogP) is 4.02. The maximum atomic E-state index is 12.4. The minimum Gasteiger partial charge on any atom is -0.497 e. The molecule has 0 heterocycles. The van der Waals surface area contributed by atoms with Crippen molar-refractivity contribution in [2.45, 2.75) is 6.92 Å². The Kier molecular flexibility index (Phi) is 5.79. The first-order valence-corrected chi connectivity index (χ1v) is 8.70. The van der Waals surface area contributed by atoms with Gasteiger partial charge in [-0.3, -0.25) is 4.79 Å². The van der Waals surface area contributed by atoms with Gasteiger partial charge in [-0.2, -0.15) is 5.10 Å². The fourth-order valence-electron chi connectivity index (χ4n) is 2.82. The summed E-state index contributed by atoms with van der Waals surface area (Å²) in [6, 6.07) is 16.8. The fraction of sp³-hybridized carbons (Fsp3) is 0.182. The number of methoxy groups -OCH3 is 3. The molecule has 0 aliphatic rings. The van der Waals surface area contributed by atoms with Gasteiger partial charge in [0.05, 0.1) is 27.0 Å². The van der Waals surface area contributed by atoms with Crippen molar-refractivity contribution in [2.75, 3.05) is 21.3 Å². The van der Waals surface area contributed by atoms with E-state index in [2.05, 4.69) is 10.5 Å². The summed E-state index contributed by atoms with van der Waals surface area (Å²) in [5.41, 5.74) is 4.64. The van der Waals surface area contributed by atoms with Crippen LogP contribution in [-0.4, -0.2) is 32.9 Å². The topological polar surface area (TPSA) is 69.2 Å². The Labute approximate surface area is 163 Å². The van der Waals surface area contributed by atoms with Crippen molar-refractivity contribution in [3.8, 4) is 17.2 Å². The largest absolute Gasteiger partial charge is 0.497 e. The lowest BCUT2D eigenvalue weighted by molar-refractivity contribution is 0.0954. The highest BCUT2D eigenvalue weighted by molar-refractivity contribution is 6.03. The van der Waals surface area contributed by atoms with Gasteiger partial charge in [0.25, 0.3) is 5.91 Å². The summed E-state index contributed by atoms with van der Waals surface area (Å²) in [7, 11) is 4.72. The lowest BCUT2D eigenvalue weighted by atomic mass is 10.0. The first-order valence-electron chi connectivity index (χ1n) is 8.70. The molecule has 0 aliphatic carbocycles. The van der Waals surface area contributed by atoms with Gasteiger partial charge < -0.3 is 14.2 Å². The Balaban J connectivity index is 1.78. The number of fused-ring (bicyclic) bond motifs is 1. The molecule has 0 atom stereocenters. The summed E-state index contributed by atoms with van der Waals surface area (Å²) in [6.45, 7) is 1.85. The van der Waals surface area contributed by atoms with E-state index in [0.717, 1.165) is 22.1 Å². The zero-order chi connectivity index (χ0) is 20.1. The van der Waals surface area contributed by atoms with Gasteiger partial charge in [0, 0.05) is 5.56 Å². The van der Waals surface area contributed by atoms with Crippen LogP contribution in [0.25, 0.3) is 10.8 Å². The molecule has 0 aromatic heterocycles. The van der Waals surface area contributed by atoms with E-state index in [1.807, 2.05) is 43.3 Å². The zero-order valence-corrected chi connectivity index (χ0v) is 16.3. The van der Waals surface area contributed by atoms with Crippen molar-refractivity contribution in [2.24, 2.45) is 5.10 Å². The van der Waals surface area contributed by atoms with Crippen molar-refractivity contribution >= 4 is 22.4 Å². The molecule has 1 amide bonds. The summed E-state index contributed by atoms with van der Waals surface area (Å²) in [5.74, 6) is 1.53. The van der Waals surface area contributed by atoms with Crippen LogP contribution in [0.2, 0.25) is 0 Å². The van der Waals surface area contributed by atoms with Crippen LogP contribution < -0.4 is 19.6 Å². The Morgan fingerprint density at radius 2 is 1.46 bits per heavy atom. The molecule has 3 aromatic rings. The maximum absolute atomic E-state index is 12.4.